The van der Waals surface area contributed by atoms with Crippen LogP contribution < -0.4 is 5.32 Å². The Hall–Kier alpha value is -1.08. The van der Waals surface area contributed by atoms with Crippen LogP contribution in [0.1, 0.15) is 38.3 Å². The standard InChI is InChI=1S/C15H21N/c1-11(2)16-9-8-14-12(3)10-13-6-4-5-7-15(13)14/h4-7,11,16H,8-10H2,1-3H3. The van der Waals surface area contributed by atoms with Gasteiger partial charge in [0.2, 0.25) is 0 Å². The highest BCUT2D eigenvalue weighted by Crippen LogP contribution is 2.34. The van der Waals surface area contributed by atoms with Crippen molar-refractivity contribution >= 4 is 5.57 Å². The molecule has 1 nitrogen and oxygen atoms in total. The molecule has 86 valence electrons. The predicted octanol–water partition coefficient (Wildman–Crippen LogP) is 3.40. The van der Waals surface area contributed by atoms with Crippen LogP contribution >= 0.6 is 0 Å². The van der Waals surface area contributed by atoms with Gasteiger partial charge in [-0.15, -0.1) is 0 Å². The van der Waals surface area contributed by atoms with E-state index in [1.807, 2.05) is 0 Å². The minimum Gasteiger partial charge on any atom is -0.314 e. The van der Waals surface area contributed by atoms with Crippen molar-refractivity contribution < 1.29 is 0 Å². The average Bonchev–Trinajstić information content (AvgIpc) is 2.55. The molecule has 16 heavy (non-hydrogen) atoms. The van der Waals surface area contributed by atoms with Gasteiger partial charge in [-0.25, -0.2) is 0 Å². The van der Waals surface area contributed by atoms with Gasteiger partial charge in [0.05, 0.1) is 0 Å². The first-order valence-corrected chi connectivity index (χ1v) is 6.18. The van der Waals surface area contributed by atoms with E-state index in [1.165, 1.54) is 11.1 Å². The van der Waals surface area contributed by atoms with Crippen LogP contribution in [0.2, 0.25) is 0 Å². The van der Waals surface area contributed by atoms with Gasteiger partial charge in [-0.1, -0.05) is 43.7 Å². The Balaban J connectivity index is 2.06. The third kappa shape index (κ3) is 2.35. The van der Waals surface area contributed by atoms with Crippen molar-refractivity contribution in [3.63, 3.8) is 0 Å². The molecule has 1 aliphatic rings. The Morgan fingerprint density at radius 2 is 2.00 bits per heavy atom. The molecule has 1 aliphatic carbocycles. The Kier molecular flexibility index (Phi) is 3.45. The normalized spacial score (nSPS) is 14.8. The molecular formula is C15H21N. The van der Waals surface area contributed by atoms with Crippen LogP contribution in [0.4, 0.5) is 0 Å². The zero-order valence-corrected chi connectivity index (χ0v) is 10.5. The van der Waals surface area contributed by atoms with Crippen molar-refractivity contribution in [2.75, 3.05) is 6.54 Å². The van der Waals surface area contributed by atoms with Crippen molar-refractivity contribution in [2.45, 2.75) is 39.7 Å². The van der Waals surface area contributed by atoms with Crippen LogP contribution in [0.5, 0.6) is 0 Å². The number of hydrogen-bond acceptors (Lipinski definition) is 1. The van der Waals surface area contributed by atoms with E-state index in [0.29, 0.717) is 6.04 Å². The first-order valence-electron chi connectivity index (χ1n) is 6.18. The second-order valence-corrected chi connectivity index (χ2v) is 4.95. The lowest BCUT2D eigenvalue weighted by molar-refractivity contribution is 0.597. The molecule has 1 heteroatoms. The van der Waals surface area contributed by atoms with Gasteiger partial charge in [-0.3, -0.25) is 0 Å². The molecule has 0 aliphatic heterocycles. The number of rotatable bonds is 4. The fourth-order valence-corrected chi connectivity index (χ4v) is 2.43. The van der Waals surface area contributed by atoms with E-state index in [9.17, 15) is 0 Å². The summed E-state index contributed by atoms with van der Waals surface area (Å²) in [6.07, 6.45) is 2.30. The summed E-state index contributed by atoms with van der Waals surface area (Å²) < 4.78 is 0. The zero-order valence-electron chi connectivity index (χ0n) is 10.5. The van der Waals surface area contributed by atoms with Crippen LogP contribution in [0.15, 0.2) is 29.8 Å². The van der Waals surface area contributed by atoms with Crippen LogP contribution in [0.3, 0.4) is 0 Å². The minimum atomic E-state index is 0.581. The molecule has 1 N–H and O–H groups in total. The Labute approximate surface area is 98.6 Å². The predicted molar refractivity (Wildman–Crippen MR) is 70.5 cm³/mol. The fourth-order valence-electron chi connectivity index (χ4n) is 2.43. The molecule has 0 heterocycles. The lowest BCUT2D eigenvalue weighted by Crippen LogP contribution is -2.23. The number of allylic oxidation sites excluding steroid dienone is 1. The summed E-state index contributed by atoms with van der Waals surface area (Å²) in [5.41, 5.74) is 6.08. The first-order chi connectivity index (χ1) is 7.68. The molecule has 0 unspecified atom stereocenters. The highest BCUT2D eigenvalue weighted by molar-refractivity contribution is 5.76. The molecular weight excluding hydrogens is 194 g/mol. The summed E-state index contributed by atoms with van der Waals surface area (Å²) in [5.74, 6) is 0. The van der Waals surface area contributed by atoms with Crippen molar-refractivity contribution in [3.8, 4) is 0 Å². The molecule has 0 saturated heterocycles. The fraction of sp³-hybridized carbons (Fsp3) is 0.467. The van der Waals surface area contributed by atoms with E-state index in [0.717, 1.165) is 19.4 Å². The number of nitrogens with one attached hydrogen (secondary N) is 1. The molecule has 0 atom stereocenters. The summed E-state index contributed by atoms with van der Waals surface area (Å²) >= 11 is 0. The molecule has 0 amide bonds. The maximum absolute atomic E-state index is 3.49. The maximum Gasteiger partial charge on any atom is 0.00105 e. The van der Waals surface area contributed by atoms with Gasteiger partial charge >= 0.3 is 0 Å². The largest absolute Gasteiger partial charge is 0.314 e. The van der Waals surface area contributed by atoms with Crippen molar-refractivity contribution in [1.29, 1.82) is 0 Å². The second-order valence-electron chi connectivity index (χ2n) is 4.95. The molecule has 0 bridgehead atoms. The van der Waals surface area contributed by atoms with Crippen molar-refractivity contribution in [2.24, 2.45) is 0 Å². The number of hydrogen-bond donors (Lipinski definition) is 1. The third-order valence-electron chi connectivity index (χ3n) is 3.24. The van der Waals surface area contributed by atoms with Gasteiger partial charge < -0.3 is 5.32 Å². The lowest BCUT2D eigenvalue weighted by atomic mass is 10.0. The summed E-state index contributed by atoms with van der Waals surface area (Å²) in [5, 5.41) is 3.49. The van der Waals surface area contributed by atoms with E-state index < -0.39 is 0 Å². The smallest absolute Gasteiger partial charge is 0.00105 e. The van der Waals surface area contributed by atoms with Gasteiger partial charge in [0.1, 0.15) is 0 Å². The van der Waals surface area contributed by atoms with Gasteiger partial charge in [-0.05, 0) is 43.0 Å². The van der Waals surface area contributed by atoms with Crippen LogP contribution in [0, 0.1) is 0 Å². The zero-order chi connectivity index (χ0) is 11.5. The second kappa shape index (κ2) is 4.84. The van der Waals surface area contributed by atoms with Crippen molar-refractivity contribution in [1.82, 2.24) is 5.32 Å². The van der Waals surface area contributed by atoms with Gasteiger partial charge in [-0.2, -0.15) is 0 Å². The van der Waals surface area contributed by atoms with Crippen LogP contribution in [-0.2, 0) is 6.42 Å². The quantitative estimate of drug-likeness (QED) is 0.811. The summed E-state index contributed by atoms with van der Waals surface area (Å²) in [7, 11) is 0. The van der Waals surface area contributed by atoms with Crippen LogP contribution in [0.25, 0.3) is 5.57 Å². The topological polar surface area (TPSA) is 12.0 Å². The first kappa shape index (κ1) is 11.4. The highest BCUT2D eigenvalue weighted by Gasteiger charge is 2.17. The van der Waals surface area contributed by atoms with Gasteiger partial charge in [0, 0.05) is 6.04 Å². The molecule has 1 aromatic rings. The summed E-state index contributed by atoms with van der Waals surface area (Å²) in [6, 6.07) is 9.38. The van der Waals surface area contributed by atoms with E-state index in [1.54, 1.807) is 11.1 Å². The van der Waals surface area contributed by atoms with E-state index >= 15 is 0 Å². The summed E-state index contributed by atoms with van der Waals surface area (Å²) in [6.45, 7) is 7.75. The van der Waals surface area contributed by atoms with Crippen molar-refractivity contribution in [3.05, 3.63) is 41.0 Å². The third-order valence-corrected chi connectivity index (χ3v) is 3.24. The van der Waals surface area contributed by atoms with Gasteiger partial charge in [0.25, 0.3) is 0 Å². The lowest BCUT2D eigenvalue weighted by Gasteiger charge is -2.10. The molecule has 0 aromatic heterocycles. The number of benzene rings is 1. The molecule has 0 saturated carbocycles. The Morgan fingerprint density at radius 1 is 1.25 bits per heavy atom. The van der Waals surface area contributed by atoms with Crippen LogP contribution in [-0.4, -0.2) is 12.6 Å². The van der Waals surface area contributed by atoms with E-state index in [-0.39, 0.29) is 0 Å². The summed E-state index contributed by atoms with van der Waals surface area (Å²) in [4.78, 5) is 0. The molecule has 0 radical (unpaired) electrons. The Bertz CT molecular complexity index is 402. The average molecular weight is 215 g/mol. The number of fused-ring (bicyclic) bond motifs is 1. The van der Waals surface area contributed by atoms with Gasteiger partial charge in [0.15, 0.2) is 0 Å². The molecule has 1 aromatic carbocycles. The highest BCUT2D eigenvalue weighted by atomic mass is 14.9. The van der Waals surface area contributed by atoms with E-state index in [4.69, 9.17) is 0 Å². The monoisotopic (exact) mass is 215 g/mol. The Morgan fingerprint density at radius 3 is 2.75 bits per heavy atom. The SMILES string of the molecule is CC1=C(CCNC(C)C)c2ccccc2C1. The molecule has 2 rings (SSSR count). The maximum atomic E-state index is 3.49. The molecule has 0 fully saturated rings. The molecule has 0 spiro atoms. The minimum absolute atomic E-state index is 0.581. The van der Waals surface area contributed by atoms with E-state index in [2.05, 4.69) is 50.4 Å².